The molecule has 0 amide bonds. The fraction of sp³-hybridized carbons (Fsp3) is 0.571. The Bertz CT molecular complexity index is 493. The van der Waals surface area contributed by atoms with E-state index in [0.29, 0.717) is 41.2 Å². The summed E-state index contributed by atoms with van der Waals surface area (Å²) >= 11 is 3.26. The fourth-order valence-corrected chi connectivity index (χ4v) is 3.07. The molecule has 1 N–H and O–H groups in total. The zero-order valence-corrected chi connectivity index (χ0v) is 12.8. The molecule has 0 unspecified atom stereocenters. The molecule has 0 spiro atoms. The van der Waals surface area contributed by atoms with E-state index in [4.69, 9.17) is 9.47 Å². The van der Waals surface area contributed by atoms with E-state index in [1.54, 1.807) is 6.07 Å². The van der Waals surface area contributed by atoms with Gasteiger partial charge in [-0.2, -0.15) is 0 Å². The largest absolute Gasteiger partial charge is 0.486 e. The quantitative estimate of drug-likeness (QED) is 0.906. The van der Waals surface area contributed by atoms with Crippen LogP contribution in [0.5, 0.6) is 11.5 Å². The van der Waals surface area contributed by atoms with E-state index in [9.17, 15) is 4.39 Å². The Morgan fingerprint density at radius 1 is 1.25 bits per heavy atom. The highest BCUT2D eigenvalue weighted by Crippen LogP contribution is 2.39. The lowest BCUT2D eigenvalue weighted by Crippen LogP contribution is -2.44. The van der Waals surface area contributed by atoms with Crippen LogP contribution in [0.4, 0.5) is 4.39 Å². The van der Waals surface area contributed by atoms with E-state index in [-0.39, 0.29) is 5.82 Å². The van der Waals surface area contributed by atoms with Crippen LogP contribution in [-0.4, -0.2) is 50.8 Å². The minimum Gasteiger partial charge on any atom is -0.486 e. The second-order valence-electron chi connectivity index (χ2n) is 5.02. The van der Waals surface area contributed by atoms with Gasteiger partial charge in [0.1, 0.15) is 19.0 Å². The van der Waals surface area contributed by atoms with Crippen LogP contribution in [0.2, 0.25) is 0 Å². The van der Waals surface area contributed by atoms with Crippen LogP contribution in [0.3, 0.4) is 0 Å². The molecular weight excluding hydrogens is 327 g/mol. The van der Waals surface area contributed by atoms with Crippen LogP contribution in [0.1, 0.15) is 5.56 Å². The van der Waals surface area contributed by atoms with Crippen molar-refractivity contribution in [1.29, 1.82) is 0 Å². The topological polar surface area (TPSA) is 33.7 Å². The van der Waals surface area contributed by atoms with Gasteiger partial charge in [-0.1, -0.05) is 0 Å². The summed E-state index contributed by atoms with van der Waals surface area (Å²) in [6.45, 7) is 5.85. The first kappa shape index (κ1) is 14.1. The van der Waals surface area contributed by atoms with E-state index in [2.05, 4.69) is 26.1 Å². The van der Waals surface area contributed by atoms with Crippen LogP contribution in [0.15, 0.2) is 10.5 Å². The molecule has 0 aliphatic carbocycles. The molecule has 1 aromatic carbocycles. The Kier molecular flexibility index (Phi) is 4.43. The van der Waals surface area contributed by atoms with Gasteiger partial charge in [0.25, 0.3) is 0 Å². The number of hydrogen-bond acceptors (Lipinski definition) is 4. The van der Waals surface area contributed by atoms with Gasteiger partial charge in [-0.3, -0.25) is 0 Å². The number of hydrogen-bond donors (Lipinski definition) is 1. The van der Waals surface area contributed by atoms with Crippen LogP contribution >= 0.6 is 15.9 Å². The van der Waals surface area contributed by atoms with Crippen molar-refractivity contribution in [3.05, 3.63) is 21.9 Å². The summed E-state index contributed by atoms with van der Waals surface area (Å²) < 4.78 is 25.9. The van der Waals surface area contributed by atoms with Crippen molar-refractivity contribution in [2.45, 2.75) is 6.42 Å². The van der Waals surface area contributed by atoms with Gasteiger partial charge >= 0.3 is 0 Å². The summed E-state index contributed by atoms with van der Waals surface area (Å²) in [4.78, 5) is 2.34. The van der Waals surface area contributed by atoms with Gasteiger partial charge in [-0.05, 0) is 22.4 Å². The standard InChI is InChI=1S/C14H18BrFN2O2/c15-11-9-12-14(20-8-7-19-12)10(13(11)16)1-4-18-5-2-17-3-6-18/h9,17H,1-8H2. The minimum atomic E-state index is -0.232. The highest BCUT2D eigenvalue weighted by Gasteiger charge is 2.23. The Balaban J connectivity index is 1.78. The van der Waals surface area contributed by atoms with Crippen LogP contribution in [0, 0.1) is 5.82 Å². The minimum absolute atomic E-state index is 0.232. The van der Waals surface area contributed by atoms with Gasteiger partial charge in [-0.15, -0.1) is 0 Å². The molecule has 20 heavy (non-hydrogen) atoms. The van der Waals surface area contributed by atoms with Crippen LogP contribution in [0.25, 0.3) is 0 Å². The molecule has 0 radical (unpaired) electrons. The lowest BCUT2D eigenvalue weighted by molar-refractivity contribution is 0.167. The number of piperazine rings is 1. The average Bonchev–Trinajstić information content (AvgIpc) is 2.49. The van der Waals surface area contributed by atoms with E-state index >= 15 is 0 Å². The van der Waals surface area contributed by atoms with E-state index in [1.165, 1.54) is 0 Å². The molecule has 0 aromatic heterocycles. The van der Waals surface area contributed by atoms with Gasteiger partial charge in [0.2, 0.25) is 0 Å². The monoisotopic (exact) mass is 344 g/mol. The first-order valence-corrected chi connectivity index (χ1v) is 7.74. The summed E-state index contributed by atoms with van der Waals surface area (Å²) in [5.41, 5.74) is 0.618. The van der Waals surface area contributed by atoms with Crippen molar-refractivity contribution < 1.29 is 13.9 Å². The van der Waals surface area contributed by atoms with E-state index < -0.39 is 0 Å². The lowest BCUT2D eigenvalue weighted by Gasteiger charge is -2.28. The summed E-state index contributed by atoms with van der Waals surface area (Å²) in [5.74, 6) is 0.983. The number of nitrogens with zero attached hydrogens (tertiary/aromatic N) is 1. The van der Waals surface area contributed by atoms with Gasteiger partial charge in [0.15, 0.2) is 11.5 Å². The zero-order chi connectivity index (χ0) is 13.9. The summed E-state index contributed by atoms with van der Waals surface area (Å²) in [5, 5.41) is 3.32. The molecule has 1 aromatic rings. The highest BCUT2D eigenvalue weighted by atomic mass is 79.9. The molecule has 0 saturated carbocycles. The Morgan fingerprint density at radius 3 is 2.80 bits per heavy atom. The lowest BCUT2D eigenvalue weighted by atomic mass is 10.1. The van der Waals surface area contributed by atoms with Crippen molar-refractivity contribution in [2.75, 3.05) is 45.9 Å². The maximum absolute atomic E-state index is 14.3. The molecule has 0 bridgehead atoms. The molecule has 0 atom stereocenters. The Morgan fingerprint density at radius 2 is 2.00 bits per heavy atom. The first-order valence-electron chi connectivity index (χ1n) is 6.95. The Hall–Kier alpha value is -0.850. The number of halogens is 2. The van der Waals surface area contributed by atoms with Crippen LogP contribution in [-0.2, 0) is 6.42 Å². The van der Waals surface area contributed by atoms with Gasteiger partial charge in [0.05, 0.1) is 4.47 Å². The van der Waals surface area contributed by atoms with E-state index in [1.807, 2.05) is 0 Å². The number of ether oxygens (including phenoxy) is 2. The Labute approximate surface area is 126 Å². The smallest absolute Gasteiger partial charge is 0.167 e. The highest BCUT2D eigenvalue weighted by molar-refractivity contribution is 9.10. The third-order valence-electron chi connectivity index (χ3n) is 3.71. The van der Waals surface area contributed by atoms with Crippen LogP contribution < -0.4 is 14.8 Å². The third kappa shape index (κ3) is 2.92. The predicted octanol–water partition coefficient (Wildman–Crippen LogP) is 1.81. The molecule has 1 fully saturated rings. The summed E-state index contributed by atoms with van der Waals surface area (Å²) in [6, 6.07) is 1.65. The second kappa shape index (κ2) is 6.28. The molecule has 4 nitrogen and oxygen atoms in total. The molecular formula is C14H18BrFN2O2. The molecule has 2 heterocycles. The summed E-state index contributed by atoms with van der Waals surface area (Å²) in [7, 11) is 0. The van der Waals surface area contributed by atoms with Gasteiger partial charge in [0, 0.05) is 44.4 Å². The fourth-order valence-electron chi connectivity index (χ4n) is 2.63. The normalized spacial score (nSPS) is 19.1. The van der Waals surface area contributed by atoms with Gasteiger partial charge in [-0.25, -0.2) is 4.39 Å². The number of benzene rings is 1. The van der Waals surface area contributed by atoms with Crippen molar-refractivity contribution in [3.8, 4) is 11.5 Å². The van der Waals surface area contributed by atoms with Crippen molar-refractivity contribution in [3.63, 3.8) is 0 Å². The average molecular weight is 345 g/mol. The maximum Gasteiger partial charge on any atom is 0.167 e. The molecule has 110 valence electrons. The zero-order valence-electron chi connectivity index (χ0n) is 11.3. The van der Waals surface area contributed by atoms with Gasteiger partial charge < -0.3 is 19.7 Å². The number of fused-ring (bicyclic) bond motifs is 1. The number of nitrogens with one attached hydrogen (secondary N) is 1. The predicted molar refractivity (Wildman–Crippen MR) is 78.1 cm³/mol. The SMILES string of the molecule is Fc1c(Br)cc2c(c1CCN1CCNCC1)OCCO2. The first-order chi connectivity index (χ1) is 9.75. The molecule has 2 aliphatic heterocycles. The number of rotatable bonds is 3. The van der Waals surface area contributed by atoms with Crippen molar-refractivity contribution >= 4 is 15.9 Å². The molecule has 2 aliphatic rings. The molecule has 1 saturated heterocycles. The molecule has 3 rings (SSSR count). The second-order valence-corrected chi connectivity index (χ2v) is 5.87. The molecule has 6 heteroatoms. The van der Waals surface area contributed by atoms with Crippen molar-refractivity contribution in [1.82, 2.24) is 10.2 Å². The maximum atomic E-state index is 14.3. The summed E-state index contributed by atoms with van der Waals surface area (Å²) in [6.07, 6.45) is 0.636. The third-order valence-corrected chi connectivity index (χ3v) is 4.28. The van der Waals surface area contributed by atoms with Crippen molar-refractivity contribution in [2.24, 2.45) is 0 Å². The van der Waals surface area contributed by atoms with E-state index in [0.717, 1.165) is 32.7 Å².